The highest BCUT2D eigenvalue weighted by molar-refractivity contribution is 7.92. The molecular weight excluding hydrogens is 300 g/mol. The Balaban J connectivity index is 2.32. The van der Waals surface area contributed by atoms with Crippen molar-refractivity contribution in [2.24, 2.45) is 0 Å². The number of benzene rings is 2. The summed E-state index contributed by atoms with van der Waals surface area (Å²) in [4.78, 5) is -0.0548. The third-order valence-electron chi connectivity index (χ3n) is 2.61. The van der Waals surface area contributed by atoms with Crippen LogP contribution in [0.5, 0.6) is 5.75 Å². The van der Waals surface area contributed by atoms with Crippen LogP contribution in [-0.4, -0.2) is 15.5 Å². The molecule has 5 nitrogen and oxygen atoms in total. The molecule has 0 saturated heterocycles. The minimum absolute atomic E-state index is 0.0548. The quantitative estimate of drug-likeness (QED) is 0.851. The summed E-state index contributed by atoms with van der Waals surface area (Å²) >= 11 is 5.80. The van der Waals surface area contributed by atoms with Gasteiger partial charge in [0.05, 0.1) is 12.8 Å². The first-order valence-corrected chi connectivity index (χ1v) is 7.50. The third-order valence-corrected chi connectivity index (χ3v) is 4.28. The van der Waals surface area contributed by atoms with Crippen molar-refractivity contribution < 1.29 is 13.2 Å². The lowest BCUT2D eigenvalue weighted by atomic mass is 10.3. The monoisotopic (exact) mass is 312 g/mol. The standard InChI is InChI=1S/C13H13ClN2O3S/c1-19-11-5-3-10(4-6-11)16-20(17,18)13-8-9(14)2-7-12(13)15/h2-8,16H,15H2,1H3. The van der Waals surface area contributed by atoms with Gasteiger partial charge in [-0.3, -0.25) is 4.72 Å². The molecule has 0 amide bonds. The predicted molar refractivity (Wildman–Crippen MR) is 79.7 cm³/mol. The van der Waals surface area contributed by atoms with Gasteiger partial charge >= 0.3 is 0 Å². The van der Waals surface area contributed by atoms with Crippen molar-refractivity contribution in [2.75, 3.05) is 17.6 Å². The van der Waals surface area contributed by atoms with Crippen LogP contribution in [0.3, 0.4) is 0 Å². The fraction of sp³-hybridized carbons (Fsp3) is 0.0769. The van der Waals surface area contributed by atoms with Crippen LogP contribution < -0.4 is 15.2 Å². The summed E-state index contributed by atoms with van der Waals surface area (Å²) in [6.45, 7) is 0. The highest BCUT2D eigenvalue weighted by Crippen LogP contribution is 2.25. The Labute approximate surface area is 122 Å². The zero-order chi connectivity index (χ0) is 14.8. The molecule has 0 bridgehead atoms. The van der Waals surface area contributed by atoms with Gasteiger partial charge in [-0.2, -0.15) is 0 Å². The summed E-state index contributed by atoms with van der Waals surface area (Å²) in [6.07, 6.45) is 0. The molecule has 0 unspecified atom stereocenters. The molecule has 0 radical (unpaired) electrons. The Morgan fingerprint density at radius 1 is 1.15 bits per heavy atom. The highest BCUT2D eigenvalue weighted by atomic mass is 35.5. The third kappa shape index (κ3) is 3.15. The molecule has 2 aromatic rings. The Hall–Kier alpha value is -1.92. The highest BCUT2D eigenvalue weighted by Gasteiger charge is 2.18. The van der Waals surface area contributed by atoms with Crippen LogP contribution in [0.25, 0.3) is 0 Å². The zero-order valence-corrected chi connectivity index (χ0v) is 12.2. The molecule has 0 spiro atoms. The van der Waals surface area contributed by atoms with E-state index >= 15 is 0 Å². The number of ether oxygens (including phenoxy) is 1. The number of methoxy groups -OCH3 is 1. The zero-order valence-electron chi connectivity index (χ0n) is 10.6. The number of nitrogen functional groups attached to an aromatic ring is 1. The van der Waals surface area contributed by atoms with Gasteiger partial charge in [-0.1, -0.05) is 11.6 Å². The number of nitrogens with two attached hydrogens (primary N) is 1. The number of nitrogens with one attached hydrogen (secondary N) is 1. The number of sulfonamides is 1. The van der Waals surface area contributed by atoms with E-state index in [1.807, 2.05) is 0 Å². The van der Waals surface area contributed by atoms with E-state index in [-0.39, 0.29) is 10.6 Å². The van der Waals surface area contributed by atoms with E-state index in [0.717, 1.165) is 0 Å². The Morgan fingerprint density at radius 3 is 2.40 bits per heavy atom. The molecule has 7 heteroatoms. The molecule has 0 atom stereocenters. The molecule has 0 saturated carbocycles. The normalized spacial score (nSPS) is 11.1. The van der Waals surface area contributed by atoms with Crippen molar-refractivity contribution in [3.63, 3.8) is 0 Å². The van der Waals surface area contributed by atoms with E-state index < -0.39 is 10.0 Å². The first-order chi connectivity index (χ1) is 9.42. The molecule has 0 aliphatic rings. The van der Waals surface area contributed by atoms with Gasteiger partial charge in [0.25, 0.3) is 10.0 Å². The maximum absolute atomic E-state index is 12.2. The molecule has 3 N–H and O–H groups in total. The van der Waals surface area contributed by atoms with E-state index in [9.17, 15) is 8.42 Å². The van der Waals surface area contributed by atoms with Gasteiger partial charge in [0.15, 0.2) is 0 Å². The molecule has 20 heavy (non-hydrogen) atoms. The molecule has 2 aromatic carbocycles. The molecular formula is C13H13ClN2O3S. The molecule has 106 valence electrons. The van der Waals surface area contributed by atoms with Gasteiger partial charge in [0.2, 0.25) is 0 Å². The second-order valence-electron chi connectivity index (χ2n) is 4.02. The van der Waals surface area contributed by atoms with Crippen molar-refractivity contribution in [1.29, 1.82) is 0 Å². The second-order valence-corrected chi connectivity index (χ2v) is 6.10. The van der Waals surface area contributed by atoms with Crippen LogP contribution in [0.15, 0.2) is 47.4 Å². The smallest absolute Gasteiger partial charge is 0.263 e. The Morgan fingerprint density at radius 2 is 1.80 bits per heavy atom. The number of hydrogen-bond donors (Lipinski definition) is 2. The van der Waals surface area contributed by atoms with Crippen LogP contribution in [0.1, 0.15) is 0 Å². The molecule has 0 aromatic heterocycles. The molecule has 2 rings (SSSR count). The Kier molecular flexibility index (Phi) is 4.06. The number of anilines is 2. The predicted octanol–water partition coefficient (Wildman–Crippen LogP) is 2.73. The fourth-order valence-electron chi connectivity index (χ4n) is 1.61. The van der Waals surface area contributed by atoms with Crippen LogP contribution >= 0.6 is 11.6 Å². The maximum atomic E-state index is 12.2. The summed E-state index contributed by atoms with van der Waals surface area (Å²) in [5, 5.41) is 0.300. The molecule has 0 fully saturated rings. The van der Waals surface area contributed by atoms with Crippen molar-refractivity contribution in [2.45, 2.75) is 4.90 Å². The van der Waals surface area contributed by atoms with Crippen molar-refractivity contribution >= 4 is 33.0 Å². The Bertz CT molecular complexity index is 715. The summed E-state index contributed by atoms with van der Waals surface area (Å²) in [7, 11) is -2.25. The van der Waals surface area contributed by atoms with E-state index in [1.54, 1.807) is 24.3 Å². The van der Waals surface area contributed by atoms with Gasteiger partial charge in [-0.05, 0) is 42.5 Å². The largest absolute Gasteiger partial charge is 0.497 e. The van der Waals surface area contributed by atoms with Gasteiger partial charge in [0, 0.05) is 10.7 Å². The lowest BCUT2D eigenvalue weighted by Crippen LogP contribution is -2.14. The summed E-state index contributed by atoms with van der Waals surface area (Å²) in [5.41, 5.74) is 6.22. The summed E-state index contributed by atoms with van der Waals surface area (Å²) < 4.78 is 31.9. The first-order valence-electron chi connectivity index (χ1n) is 5.64. The lowest BCUT2D eigenvalue weighted by molar-refractivity contribution is 0.415. The average Bonchev–Trinajstić information content (AvgIpc) is 2.42. The van der Waals surface area contributed by atoms with Gasteiger partial charge in [-0.15, -0.1) is 0 Å². The van der Waals surface area contributed by atoms with Crippen molar-refractivity contribution in [3.05, 3.63) is 47.5 Å². The second kappa shape index (κ2) is 5.60. The van der Waals surface area contributed by atoms with Crippen LogP contribution in [0, 0.1) is 0 Å². The lowest BCUT2D eigenvalue weighted by Gasteiger charge is -2.11. The number of hydrogen-bond acceptors (Lipinski definition) is 4. The van der Waals surface area contributed by atoms with Crippen LogP contribution in [0.4, 0.5) is 11.4 Å². The van der Waals surface area contributed by atoms with Gasteiger partial charge in [-0.25, -0.2) is 8.42 Å². The number of rotatable bonds is 4. The maximum Gasteiger partial charge on any atom is 0.263 e. The van der Waals surface area contributed by atoms with Crippen LogP contribution in [0.2, 0.25) is 5.02 Å². The van der Waals surface area contributed by atoms with E-state index in [1.165, 1.54) is 25.3 Å². The number of halogens is 1. The van der Waals surface area contributed by atoms with Crippen molar-refractivity contribution in [1.82, 2.24) is 0 Å². The first kappa shape index (κ1) is 14.5. The summed E-state index contributed by atoms with van der Waals surface area (Å²) in [6, 6.07) is 10.8. The SMILES string of the molecule is COc1ccc(NS(=O)(=O)c2cc(Cl)ccc2N)cc1. The molecule has 0 aliphatic carbocycles. The van der Waals surface area contributed by atoms with E-state index in [0.29, 0.717) is 16.5 Å². The summed E-state index contributed by atoms with van der Waals surface area (Å²) in [5.74, 6) is 0.634. The minimum Gasteiger partial charge on any atom is -0.497 e. The van der Waals surface area contributed by atoms with E-state index in [2.05, 4.69) is 4.72 Å². The minimum atomic E-state index is -3.79. The topological polar surface area (TPSA) is 81.4 Å². The van der Waals surface area contributed by atoms with Gasteiger partial charge in [0.1, 0.15) is 10.6 Å². The van der Waals surface area contributed by atoms with Gasteiger partial charge < -0.3 is 10.5 Å². The fourth-order valence-corrected chi connectivity index (χ4v) is 3.06. The van der Waals surface area contributed by atoms with Crippen LogP contribution in [-0.2, 0) is 10.0 Å². The molecule has 0 aliphatic heterocycles. The average molecular weight is 313 g/mol. The van der Waals surface area contributed by atoms with Crippen molar-refractivity contribution in [3.8, 4) is 5.75 Å². The molecule has 0 heterocycles. The van der Waals surface area contributed by atoms with E-state index in [4.69, 9.17) is 22.1 Å².